The number of aromatic nitrogens is 1. The summed E-state index contributed by atoms with van der Waals surface area (Å²) in [6.45, 7) is 0. The van der Waals surface area contributed by atoms with E-state index >= 15 is 0 Å². The van der Waals surface area contributed by atoms with Crippen LogP contribution >= 0.6 is 23.1 Å². The third-order valence-corrected chi connectivity index (χ3v) is 5.46. The number of hydrogen-bond acceptors (Lipinski definition) is 4. The van der Waals surface area contributed by atoms with Gasteiger partial charge in [-0.25, -0.2) is 9.37 Å². The summed E-state index contributed by atoms with van der Waals surface area (Å²) in [6, 6.07) is 9.93. The number of alkyl halides is 3. The minimum atomic E-state index is -4.46. The largest absolute Gasteiger partial charge is 0.416 e. The molecule has 0 saturated heterocycles. The molecule has 0 aliphatic heterocycles. The Morgan fingerprint density at radius 1 is 1.07 bits per heavy atom. The number of nitrogens with one attached hydrogen (secondary N) is 1. The third-order valence-electron chi connectivity index (χ3n) is 3.51. The number of halogens is 4. The number of thioether (sulfide) groups is 1. The van der Waals surface area contributed by atoms with Crippen LogP contribution in [0.2, 0.25) is 0 Å². The van der Waals surface area contributed by atoms with Crippen molar-refractivity contribution in [2.45, 2.75) is 16.3 Å². The molecule has 3 rings (SSSR count). The number of carbonyl (C=O) groups is 1. The van der Waals surface area contributed by atoms with Gasteiger partial charge in [0.1, 0.15) is 11.1 Å². The Morgan fingerprint density at radius 2 is 1.74 bits per heavy atom. The Balaban J connectivity index is 1.88. The summed E-state index contributed by atoms with van der Waals surface area (Å²) in [6.07, 6.45) is -2.93. The molecule has 3 aromatic rings. The average Bonchev–Trinajstić information content (AvgIpc) is 3.13. The Labute approximate surface area is 160 Å². The van der Waals surface area contributed by atoms with Gasteiger partial charge in [-0.05, 0) is 42.0 Å². The molecule has 1 aromatic heterocycles. The lowest BCUT2D eigenvalue weighted by atomic mass is 10.1. The van der Waals surface area contributed by atoms with Crippen molar-refractivity contribution in [3.63, 3.8) is 0 Å². The molecule has 1 N–H and O–H groups in total. The summed E-state index contributed by atoms with van der Waals surface area (Å²) >= 11 is 2.34. The molecule has 1 heterocycles. The highest BCUT2D eigenvalue weighted by Gasteiger charge is 2.31. The standard InChI is InChI=1S/C18H12F4N2OS2/c19-13-5-7-14(8-6-13)27-15(16(25)24-17-23-9-10-26-17)11-1-3-12(4-2-11)18(20,21)22/h1-10,15H,(H,23,24,25). The minimum absolute atomic E-state index is 0.386. The van der Waals surface area contributed by atoms with E-state index in [-0.39, 0.29) is 0 Å². The SMILES string of the molecule is O=C(Nc1nccs1)C(Sc1ccc(F)cc1)c1ccc(C(F)(F)F)cc1. The van der Waals surface area contributed by atoms with Crippen LogP contribution < -0.4 is 5.32 Å². The van der Waals surface area contributed by atoms with Gasteiger partial charge in [-0.15, -0.1) is 23.1 Å². The Bertz CT molecular complexity index is 895. The van der Waals surface area contributed by atoms with Crippen LogP contribution in [0.15, 0.2) is 65.0 Å². The van der Waals surface area contributed by atoms with Gasteiger partial charge in [0, 0.05) is 16.5 Å². The zero-order valence-electron chi connectivity index (χ0n) is 13.5. The summed E-state index contributed by atoms with van der Waals surface area (Å²) < 4.78 is 51.5. The van der Waals surface area contributed by atoms with E-state index in [4.69, 9.17) is 0 Å². The highest BCUT2D eigenvalue weighted by atomic mass is 32.2. The molecule has 140 valence electrons. The van der Waals surface area contributed by atoms with E-state index in [0.717, 1.165) is 23.9 Å². The van der Waals surface area contributed by atoms with E-state index in [1.807, 2.05) is 0 Å². The second-order valence-electron chi connectivity index (χ2n) is 5.40. The number of hydrogen-bond donors (Lipinski definition) is 1. The van der Waals surface area contributed by atoms with E-state index in [9.17, 15) is 22.4 Å². The molecule has 27 heavy (non-hydrogen) atoms. The summed E-state index contributed by atoms with van der Waals surface area (Å²) in [5, 5.41) is 3.89. The lowest BCUT2D eigenvalue weighted by Gasteiger charge is -2.17. The van der Waals surface area contributed by atoms with E-state index in [2.05, 4.69) is 10.3 Å². The van der Waals surface area contributed by atoms with Crippen molar-refractivity contribution in [1.82, 2.24) is 4.98 Å². The van der Waals surface area contributed by atoms with Gasteiger partial charge in [0.05, 0.1) is 5.56 Å². The smallest absolute Gasteiger partial charge is 0.301 e. The van der Waals surface area contributed by atoms with Gasteiger partial charge in [-0.3, -0.25) is 4.79 Å². The predicted molar refractivity (Wildman–Crippen MR) is 97.2 cm³/mol. The quantitative estimate of drug-likeness (QED) is 0.427. The summed E-state index contributed by atoms with van der Waals surface area (Å²) in [5.41, 5.74) is -0.400. The van der Waals surface area contributed by atoms with Crippen LogP contribution in [0.3, 0.4) is 0 Å². The number of amides is 1. The normalized spacial score (nSPS) is 12.6. The number of benzene rings is 2. The molecule has 1 amide bonds. The molecule has 2 aromatic carbocycles. The van der Waals surface area contributed by atoms with Crippen molar-refractivity contribution in [3.8, 4) is 0 Å². The fraction of sp³-hybridized carbons (Fsp3) is 0.111. The fourth-order valence-corrected chi connectivity index (χ4v) is 3.78. The molecule has 0 aliphatic carbocycles. The first-order valence-electron chi connectivity index (χ1n) is 7.62. The van der Waals surface area contributed by atoms with Crippen LogP contribution in [0.5, 0.6) is 0 Å². The van der Waals surface area contributed by atoms with Gasteiger partial charge < -0.3 is 5.32 Å². The van der Waals surface area contributed by atoms with Gasteiger partial charge in [0.25, 0.3) is 0 Å². The minimum Gasteiger partial charge on any atom is -0.301 e. The maximum Gasteiger partial charge on any atom is 0.416 e. The molecular weight excluding hydrogens is 400 g/mol. The molecule has 0 bridgehead atoms. The number of rotatable bonds is 5. The first-order valence-corrected chi connectivity index (χ1v) is 9.38. The number of carbonyl (C=O) groups excluding carboxylic acids is 1. The number of anilines is 1. The highest BCUT2D eigenvalue weighted by molar-refractivity contribution is 8.00. The van der Waals surface area contributed by atoms with Crippen LogP contribution in [0.1, 0.15) is 16.4 Å². The molecule has 0 radical (unpaired) electrons. The molecule has 1 atom stereocenters. The molecule has 0 aliphatic rings. The van der Waals surface area contributed by atoms with Crippen molar-refractivity contribution >= 4 is 34.1 Å². The van der Waals surface area contributed by atoms with Gasteiger partial charge in [0.2, 0.25) is 5.91 Å². The first kappa shape index (κ1) is 19.4. The number of thiazole rings is 1. The van der Waals surface area contributed by atoms with Crippen LogP contribution in [0.25, 0.3) is 0 Å². The van der Waals surface area contributed by atoms with E-state index in [0.29, 0.717) is 15.6 Å². The van der Waals surface area contributed by atoms with Crippen LogP contribution in [-0.4, -0.2) is 10.9 Å². The van der Waals surface area contributed by atoms with Crippen LogP contribution in [-0.2, 0) is 11.0 Å². The zero-order chi connectivity index (χ0) is 19.4. The highest BCUT2D eigenvalue weighted by Crippen LogP contribution is 2.38. The second-order valence-corrected chi connectivity index (χ2v) is 7.47. The van der Waals surface area contributed by atoms with Crippen LogP contribution in [0, 0.1) is 5.82 Å². The number of nitrogens with zero attached hydrogens (tertiary/aromatic N) is 1. The molecule has 1 unspecified atom stereocenters. The Kier molecular flexibility index (Phi) is 5.81. The fourth-order valence-electron chi connectivity index (χ4n) is 2.23. The van der Waals surface area contributed by atoms with Gasteiger partial charge in [0.15, 0.2) is 5.13 Å². The molecule has 3 nitrogen and oxygen atoms in total. The average molecular weight is 412 g/mol. The Hall–Kier alpha value is -2.39. The topological polar surface area (TPSA) is 42.0 Å². The monoisotopic (exact) mass is 412 g/mol. The van der Waals surface area contributed by atoms with Crippen molar-refractivity contribution in [2.75, 3.05) is 5.32 Å². The van der Waals surface area contributed by atoms with E-state index in [1.54, 1.807) is 5.38 Å². The van der Waals surface area contributed by atoms with E-state index < -0.39 is 28.7 Å². The Morgan fingerprint density at radius 3 is 2.30 bits per heavy atom. The molecule has 0 spiro atoms. The molecule has 0 fully saturated rings. The van der Waals surface area contributed by atoms with Crippen LogP contribution in [0.4, 0.5) is 22.7 Å². The second kappa shape index (κ2) is 8.10. The van der Waals surface area contributed by atoms with Crippen molar-refractivity contribution in [3.05, 3.63) is 77.1 Å². The maximum absolute atomic E-state index is 13.1. The summed E-state index contributed by atoms with van der Waals surface area (Å²) in [4.78, 5) is 17.3. The van der Waals surface area contributed by atoms with Gasteiger partial charge in [-0.2, -0.15) is 13.2 Å². The summed E-state index contributed by atoms with van der Waals surface area (Å²) in [7, 11) is 0. The summed E-state index contributed by atoms with van der Waals surface area (Å²) in [5.74, 6) is -0.850. The van der Waals surface area contributed by atoms with Crippen molar-refractivity contribution in [1.29, 1.82) is 0 Å². The lowest BCUT2D eigenvalue weighted by molar-refractivity contribution is -0.137. The third kappa shape index (κ3) is 5.08. The molecule has 0 saturated carbocycles. The van der Waals surface area contributed by atoms with E-state index in [1.165, 1.54) is 53.9 Å². The van der Waals surface area contributed by atoms with Crippen molar-refractivity contribution in [2.24, 2.45) is 0 Å². The molecule has 9 heteroatoms. The lowest BCUT2D eigenvalue weighted by Crippen LogP contribution is -2.19. The first-order chi connectivity index (χ1) is 12.8. The maximum atomic E-state index is 13.1. The predicted octanol–water partition coefficient (Wildman–Crippen LogP) is 5.77. The van der Waals surface area contributed by atoms with Gasteiger partial charge >= 0.3 is 6.18 Å². The molecular formula is C18H12F4N2OS2. The van der Waals surface area contributed by atoms with Gasteiger partial charge in [-0.1, -0.05) is 12.1 Å². The van der Waals surface area contributed by atoms with Crippen molar-refractivity contribution < 1.29 is 22.4 Å². The zero-order valence-corrected chi connectivity index (χ0v) is 15.2.